The molecule has 0 radical (unpaired) electrons. The van der Waals surface area contributed by atoms with E-state index in [2.05, 4.69) is 16.0 Å². The molecule has 0 aliphatic carbocycles. The first-order valence-corrected chi connectivity index (χ1v) is 8.49. The van der Waals surface area contributed by atoms with E-state index in [1.807, 2.05) is 13.0 Å². The maximum Gasteiger partial charge on any atom is 0.408 e. The van der Waals surface area contributed by atoms with Crippen LogP contribution >= 0.6 is 0 Å². The average molecular weight is 361 g/mol. The van der Waals surface area contributed by atoms with Gasteiger partial charge in [0.25, 0.3) is 0 Å². The van der Waals surface area contributed by atoms with Crippen LogP contribution < -0.4 is 16.0 Å². The van der Waals surface area contributed by atoms with Gasteiger partial charge in [-0.15, -0.1) is 0 Å². The number of benzene rings is 1. The number of anilines is 1. The van der Waals surface area contributed by atoms with Crippen LogP contribution in [-0.2, 0) is 20.9 Å². The Morgan fingerprint density at radius 2 is 1.88 bits per heavy atom. The number of carbonyl (C=O) groups is 3. The number of nitrogens with one attached hydrogen (secondary N) is 3. The fraction of sp³-hybridized carbons (Fsp3) is 0.421. The van der Waals surface area contributed by atoms with E-state index in [1.54, 1.807) is 45.0 Å². The Bertz CT molecular complexity index is 663. The summed E-state index contributed by atoms with van der Waals surface area (Å²) in [6.07, 6.45) is 3.42. The Hall–Kier alpha value is -2.83. The monoisotopic (exact) mass is 361 g/mol. The largest absolute Gasteiger partial charge is 0.444 e. The first-order valence-electron chi connectivity index (χ1n) is 8.49. The van der Waals surface area contributed by atoms with Gasteiger partial charge in [0.05, 0.1) is 0 Å². The second-order valence-corrected chi connectivity index (χ2v) is 6.63. The summed E-state index contributed by atoms with van der Waals surface area (Å²) in [5, 5.41) is 7.85. The Morgan fingerprint density at radius 3 is 2.54 bits per heavy atom. The van der Waals surface area contributed by atoms with Crippen LogP contribution in [0, 0.1) is 0 Å². The van der Waals surface area contributed by atoms with E-state index in [0.29, 0.717) is 12.2 Å². The summed E-state index contributed by atoms with van der Waals surface area (Å²) < 4.78 is 5.06. The molecule has 0 aliphatic heterocycles. The summed E-state index contributed by atoms with van der Waals surface area (Å²) >= 11 is 0. The molecule has 3 N–H and O–H groups in total. The predicted octanol–water partition coefficient (Wildman–Crippen LogP) is 2.73. The van der Waals surface area contributed by atoms with Gasteiger partial charge in [-0.05, 0) is 51.0 Å². The van der Waals surface area contributed by atoms with Crippen LogP contribution in [0.3, 0.4) is 0 Å². The summed E-state index contributed by atoms with van der Waals surface area (Å²) in [5.41, 5.74) is 0.809. The van der Waals surface area contributed by atoms with Crippen molar-refractivity contribution in [2.24, 2.45) is 0 Å². The molecule has 7 nitrogen and oxygen atoms in total. The molecular formula is C19H27N3O4. The topological polar surface area (TPSA) is 96.5 Å². The average Bonchev–Trinajstić information content (AvgIpc) is 2.55. The lowest BCUT2D eigenvalue weighted by Crippen LogP contribution is -2.37. The molecule has 142 valence electrons. The van der Waals surface area contributed by atoms with Crippen molar-refractivity contribution < 1.29 is 19.1 Å². The summed E-state index contributed by atoms with van der Waals surface area (Å²) in [5.74, 6) is -0.536. The number of hydrogen-bond acceptors (Lipinski definition) is 4. The molecule has 0 unspecified atom stereocenters. The van der Waals surface area contributed by atoms with Crippen LogP contribution in [0.25, 0.3) is 0 Å². The van der Waals surface area contributed by atoms with Crippen LogP contribution in [-0.4, -0.2) is 30.1 Å². The molecule has 0 saturated heterocycles. The van der Waals surface area contributed by atoms with Gasteiger partial charge >= 0.3 is 6.09 Å². The maximum atomic E-state index is 11.9. The molecule has 0 saturated carbocycles. The minimum Gasteiger partial charge on any atom is -0.444 e. The third kappa shape index (κ3) is 9.46. The number of carbonyl (C=O) groups excluding carboxylic acids is 3. The van der Waals surface area contributed by atoms with Gasteiger partial charge in [0.15, 0.2) is 0 Å². The molecule has 0 fully saturated rings. The van der Waals surface area contributed by atoms with Crippen molar-refractivity contribution in [2.45, 2.75) is 46.3 Å². The summed E-state index contributed by atoms with van der Waals surface area (Å²) in [6.45, 7) is 7.34. The van der Waals surface area contributed by atoms with Gasteiger partial charge in [-0.25, -0.2) is 4.79 Å². The van der Waals surface area contributed by atoms with Gasteiger partial charge in [0.2, 0.25) is 11.8 Å². The lowest BCUT2D eigenvalue weighted by atomic mass is 10.2. The Labute approximate surface area is 154 Å². The maximum absolute atomic E-state index is 11.9. The molecule has 0 spiro atoms. The van der Waals surface area contributed by atoms with Crippen LogP contribution in [0.2, 0.25) is 0 Å². The molecule has 0 atom stereocenters. The van der Waals surface area contributed by atoms with E-state index in [-0.39, 0.29) is 18.4 Å². The zero-order valence-electron chi connectivity index (χ0n) is 15.7. The highest BCUT2D eigenvalue weighted by molar-refractivity contribution is 5.94. The second kappa shape index (κ2) is 10.2. The number of rotatable bonds is 7. The molecule has 1 rings (SSSR count). The van der Waals surface area contributed by atoms with Crippen molar-refractivity contribution >= 4 is 23.6 Å². The molecule has 26 heavy (non-hydrogen) atoms. The van der Waals surface area contributed by atoms with E-state index in [1.165, 1.54) is 6.08 Å². The molecule has 1 aromatic carbocycles. The first-order chi connectivity index (χ1) is 12.2. The molecule has 3 amide bonds. The van der Waals surface area contributed by atoms with Crippen LogP contribution in [0.1, 0.15) is 39.7 Å². The minimum atomic E-state index is -0.649. The van der Waals surface area contributed by atoms with Gasteiger partial charge in [-0.1, -0.05) is 25.1 Å². The Balaban J connectivity index is 2.47. The minimum absolute atomic E-state index is 0.164. The Morgan fingerprint density at radius 1 is 1.15 bits per heavy atom. The second-order valence-electron chi connectivity index (χ2n) is 6.63. The van der Waals surface area contributed by atoms with E-state index in [0.717, 1.165) is 12.0 Å². The molecule has 0 bridgehead atoms. The smallest absolute Gasteiger partial charge is 0.408 e. The highest BCUT2D eigenvalue weighted by atomic mass is 16.6. The van der Waals surface area contributed by atoms with Crippen LogP contribution in [0.15, 0.2) is 36.4 Å². The molecule has 1 aromatic rings. The fourth-order valence-electron chi connectivity index (χ4n) is 1.90. The van der Waals surface area contributed by atoms with Gasteiger partial charge < -0.3 is 20.7 Å². The summed E-state index contributed by atoms with van der Waals surface area (Å²) in [7, 11) is 0. The van der Waals surface area contributed by atoms with Crippen LogP contribution in [0.5, 0.6) is 0 Å². The highest BCUT2D eigenvalue weighted by Crippen LogP contribution is 2.10. The summed E-state index contributed by atoms with van der Waals surface area (Å²) in [4.78, 5) is 35.0. The Kier molecular flexibility index (Phi) is 8.34. The highest BCUT2D eigenvalue weighted by Gasteiger charge is 2.16. The third-order valence-corrected chi connectivity index (χ3v) is 2.97. The fourth-order valence-corrected chi connectivity index (χ4v) is 1.90. The van der Waals surface area contributed by atoms with Crippen LogP contribution in [0.4, 0.5) is 10.5 Å². The van der Waals surface area contributed by atoms with Crippen molar-refractivity contribution in [3.63, 3.8) is 0 Å². The lowest BCUT2D eigenvalue weighted by molar-refractivity contribution is -0.117. The quantitative estimate of drug-likeness (QED) is 0.651. The number of alkyl carbamates (subject to hydrolysis) is 1. The predicted molar refractivity (Wildman–Crippen MR) is 101 cm³/mol. The molecule has 7 heteroatoms. The normalized spacial score (nSPS) is 11.1. The number of allylic oxidation sites excluding steroid dienone is 1. The van der Waals surface area contributed by atoms with E-state index >= 15 is 0 Å². The zero-order chi connectivity index (χ0) is 19.6. The SMILES string of the molecule is CC/C=C/C(=O)NCc1cccc(NC(=O)CNC(=O)OC(C)(C)C)c1. The van der Waals surface area contributed by atoms with Crippen molar-refractivity contribution in [3.05, 3.63) is 42.0 Å². The van der Waals surface area contributed by atoms with Gasteiger partial charge in [0, 0.05) is 12.2 Å². The standard InChI is InChI=1S/C19H27N3O4/c1-5-6-10-16(23)20-12-14-8-7-9-15(11-14)22-17(24)13-21-18(25)26-19(2,3)4/h6-11H,5,12-13H2,1-4H3,(H,20,23)(H,21,25)(H,22,24)/b10-6+. The molecule has 0 aliphatic rings. The molecule has 0 heterocycles. The first kappa shape index (κ1) is 21.2. The van der Waals surface area contributed by atoms with E-state index in [4.69, 9.17) is 4.74 Å². The van der Waals surface area contributed by atoms with Gasteiger partial charge in [-0.2, -0.15) is 0 Å². The summed E-state index contributed by atoms with van der Waals surface area (Å²) in [6, 6.07) is 7.11. The van der Waals surface area contributed by atoms with Crippen molar-refractivity contribution in [3.8, 4) is 0 Å². The number of ether oxygens (including phenoxy) is 1. The lowest BCUT2D eigenvalue weighted by Gasteiger charge is -2.19. The third-order valence-electron chi connectivity index (χ3n) is 2.97. The zero-order valence-corrected chi connectivity index (χ0v) is 15.7. The van der Waals surface area contributed by atoms with Crippen molar-refractivity contribution in [1.82, 2.24) is 10.6 Å². The van der Waals surface area contributed by atoms with E-state index in [9.17, 15) is 14.4 Å². The van der Waals surface area contributed by atoms with Crippen molar-refractivity contribution in [1.29, 1.82) is 0 Å². The number of amides is 3. The molecular weight excluding hydrogens is 334 g/mol. The van der Waals surface area contributed by atoms with Crippen molar-refractivity contribution in [2.75, 3.05) is 11.9 Å². The number of hydrogen-bond donors (Lipinski definition) is 3. The van der Waals surface area contributed by atoms with Gasteiger partial charge in [-0.3, -0.25) is 9.59 Å². The molecule has 0 aromatic heterocycles. The van der Waals surface area contributed by atoms with Gasteiger partial charge in [0.1, 0.15) is 12.1 Å². The van der Waals surface area contributed by atoms with E-state index < -0.39 is 11.7 Å².